The summed E-state index contributed by atoms with van der Waals surface area (Å²) in [6, 6.07) is 12.3. The van der Waals surface area contributed by atoms with E-state index in [1.165, 1.54) is 6.07 Å². The van der Waals surface area contributed by atoms with Crippen LogP contribution >= 0.6 is 0 Å². The van der Waals surface area contributed by atoms with E-state index in [2.05, 4.69) is 10.6 Å². The van der Waals surface area contributed by atoms with Gasteiger partial charge in [0.25, 0.3) is 5.91 Å². The number of rotatable bonds is 7. The molecule has 7 heteroatoms. The van der Waals surface area contributed by atoms with Crippen molar-refractivity contribution in [1.82, 2.24) is 5.32 Å². The zero-order chi connectivity index (χ0) is 21.7. The minimum Gasteiger partial charge on any atom is -0.484 e. The molecule has 0 aliphatic carbocycles. The van der Waals surface area contributed by atoms with Crippen LogP contribution in [0.15, 0.2) is 51.7 Å². The van der Waals surface area contributed by atoms with Crippen molar-refractivity contribution in [2.45, 2.75) is 27.2 Å². The lowest BCUT2D eigenvalue weighted by Crippen LogP contribution is -2.36. The molecule has 2 N–H and O–H groups in total. The lowest BCUT2D eigenvalue weighted by Gasteiger charge is -2.12. The van der Waals surface area contributed by atoms with E-state index >= 15 is 0 Å². The lowest BCUT2D eigenvalue weighted by atomic mass is 10.1. The fourth-order valence-electron chi connectivity index (χ4n) is 3.17. The Kier molecular flexibility index (Phi) is 6.51. The number of para-hydroxylation sites is 1. The average molecular weight is 408 g/mol. The van der Waals surface area contributed by atoms with Gasteiger partial charge in [0, 0.05) is 23.2 Å². The van der Waals surface area contributed by atoms with Crippen LogP contribution in [0.1, 0.15) is 23.6 Å². The zero-order valence-corrected chi connectivity index (χ0v) is 17.2. The highest BCUT2D eigenvalue weighted by atomic mass is 16.5. The molecule has 0 aliphatic heterocycles. The van der Waals surface area contributed by atoms with Gasteiger partial charge in [-0.05, 0) is 49.1 Å². The fraction of sp³-hybridized carbons (Fsp3) is 0.261. The number of anilines is 1. The van der Waals surface area contributed by atoms with Gasteiger partial charge in [-0.15, -0.1) is 0 Å². The SMILES string of the molecule is CCc1cc(=O)oc2cc(OCC(=O)NCC(=O)Nc3c(C)cccc3C)ccc12. The predicted octanol–water partition coefficient (Wildman–Crippen LogP) is 3.11. The molecule has 0 saturated heterocycles. The van der Waals surface area contributed by atoms with Gasteiger partial charge >= 0.3 is 5.63 Å². The summed E-state index contributed by atoms with van der Waals surface area (Å²) in [6.07, 6.45) is 0.703. The summed E-state index contributed by atoms with van der Waals surface area (Å²) < 4.78 is 10.7. The van der Waals surface area contributed by atoms with Crippen LogP contribution in [0.5, 0.6) is 5.75 Å². The van der Waals surface area contributed by atoms with Crippen molar-refractivity contribution < 1.29 is 18.7 Å². The Bertz CT molecular complexity index is 1130. The molecule has 3 rings (SSSR count). The summed E-state index contributed by atoms with van der Waals surface area (Å²) in [5.41, 5.74) is 3.52. The maximum absolute atomic E-state index is 12.1. The number of benzene rings is 2. The van der Waals surface area contributed by atoms with E-state index < -0.39 is 11.5 Å². The third-order valence-electron chi connectivity index (χ3n) is 4.74. The van der Waals surface area contributed by atoms with Gasteiger partial charge in [-0.25, -0.2) is 4.79 Å². The van der Waals surface area contributed by atoms with Crippen LogP contribution in [0, 0.1) is 13.8 Å². The van der Waals surface area contributed by atoms with Crippen molar-refractivity contribution in [3.8, 4) is 5.75 Å². The van der Waals surface area contributed by atoms with Gasteiger partial charge in [0.1, 0.15) is 11.3 Å². The highest BCUT2D eigenvalue weighted by Crippen LogP contribution is 2.23. The summed E-state index contributed by atoms with van der Waals surface area (Å²) in [6.45, 7) is 5.34. The standard InChI is InChI=1S/C23H24N2O5/c1-4-16-10-22(28)30-19-11-17(8-9-18(16)19)29-13-21(27)24-12-20(26)25-23-14(2)6-5-7-15(23)3/h5-11H,4,12-13H2,1-3H3,(H,24,27)(H,25,26). The molecule has 0 spiro atoms. The molecule has 0 aliphatic rings. The van der Waals surface area contributed by atoms with Crippen LogP contribution in [-0.2, 0) is 16.0 Å². The number of amides is 2. The Morgan fingerprint density at radius 2 is 1.77 bits per heavy atom. The smallest absolute Gasteiger partial charge is 0.336 e. The number of hydrogen-bond donors (Lipinski definition) is 2. The molecule has 1 heterocycles. The third-order valence-corrected chi connectivity index (χ3v) is 4.74. The van der Waals surface area contributed by atoms with E-state index in [0.29, 0.717) is 17.8 Å². The molecule has 0 fully saturated rings. The summed E-state index contributed by atoms with van der Waals surface area (Å²) in [5.74, 6) is -0.357. The molecule has 1 aromatic heterocycles. The Balaban J connectivity index is 1.54. The van der Waals surface area contributed by atoms with Crippen molar-refractivity contribution in [1.29, 1.82) is 0 Å². The van der Waals surface area contributed by atoms with Crippen LogP contribution in [0.25, 0.3) is 11.0 Å². The fourth-order valence-corrected chi connectivity index (χ4v) is 3.17. The van der Waals surface area contributed by atoms with Crippen molar-refractivity contribution >= 4 is 28.5 Å². The van der Waals surface area contributed by atoms with Crippen LogP contribution in [0.3, 0.4) is 0 Å². The van der Waals surface area contributed by atoms with Crippen molar-refractivity contribution in [3.63, 3.8) is 0 Å². The Hall–Kier alpha value is -3.61. The van der Waals surface area contributed by atoms with Gasteiger partial charge in [-0.2, -0.15) is 0 Å². The van der Waals surface area contributed by atoms with E-state index in [1.807, 2.05) is 39.0 Å². The molecule has 0 saturated carbocycles. The Morgan fingerprint density at radius 3 is 2.47 bits per heavy atom. The Labute approximate surface area is 174 Å². The summed E-state index contributed by atoms with van der Waals surface area (Å²) in [5, 5.41) is 6.16. The Morgan fingerprint density at radius 1 is 1.03 bits per heavy atom. The topological polar surface area (TPSA) is 97.6 Å². The van der Waals surface area contributed by atoms with Gasteiger partial charge in [0.2, 0.25) is 5.91 Å². The number of aryl methyl sites for hydroxylation is 3. The summed E-state index contributed by atoms with van der Waals surface area (Å²) in [4.78, 5) is 35.8. The average Bonchev–Trinajstić information content (AvgIpc) is 2.72. The molecule has 0 atom stereocenters. The van der Waals surface area contributed by atoms with Crippen molar-refractivity contribution in [2.75, 3.05) is 18.5 Å². The van der Waals surface area contributed by atoms with E-state index in [1.54, 1.807) is 18.2 Å². The molecule has 2 amide bonds. The molecule has 0 radical (unpaired) electrons. The molecule has 156 valence electrons. The molecule has 0 unspecified atom stereocenters. The highest BCUT2D eigenvalue weighted by Gasteiger charge is 2.11. The molecule has 30 heavy (non-hydrogen) atoms. The molecular formula is C23H24N2O5. The van der Waals surface area contributed by atoms with Gasteiger partial charge in [0.05, 0.1) is 6.54 Å². The van der Waals surface area contributed by atoms with Gasteiger partial charge in [-0.1, -0.05) is 25.1 Å². The van der Waals surface area contributed by atoms with Gasteiger partial charge in [0.15, 0.2) is 6.61 Å². The number of ether oxygens (including phenoxy) is 1. The molecule has 3 aromatic rings. The summed E-state index contributed by atoms with van der Waals surface area (Å²) >= 11 is 0. The molecular weight excluding hydrogens is 384 g/mol. The maximum atomic E-state index is 12.1. The number of carbonyl (C=O) groups is 2. The number of nitrogens with one attached hydrogen (secondary N) is 2. The third kappa shape index (κ3) is 5.05. The first-order valence-corrected chi connectivity index (χ1v) is 9.69. The second kappa shape index (κ2) is 9.26. The highest BCUT2D eigenvalue weighted by molar-refractivity contribution is 5.95. The lowest BCUT2D eigenvalue weighted by molar-refractivity contribution is -0.125. The molecule has 7 nitrogen and oxygen atoms in total. The minimum atomic E-state index is -0.435. The second-order valence-corrected chi connectivity index (χ2v) is 6.98. The van der Waals surface area contributed by atoms with Crippen LogP contribution in [-0.4, -0.2) is 25.0 Å². The number of hydrogen-bond acceptors (Lipinski definition) is 5. The van der Waals surface area contributed by atoms with Crippen molar-refractivity contribution in [3.05, 3.63) is 69.6 Å². The van der Waals surface area contributed by atoms with E-state index in [0.717, 1.165) is 27.8 Å². The second-order valence-electron chi connectivity index (χ2n) is 6.98. The molecule has 2 aromatic carbocycles. The zero-order valence-electron chi connectivity index (χ0n) is 17.2. The maximum Gasteiger partial charge on any atom is 0.336 e. The minimum absolute atomic E-state index is 0.164. The van der Waals surface area contributed by atoms with Crippen LogP contribution in [0.4, 0.5) is 5.69 Å². The number of carbonyl (C=O) groups excluding carboxylic acids is 2. The van der Waals surface area contributed by atoms with Crippen molar-refractivity contribution in [2.24, 2.45) is 0 Å². The predicted molar refractivity (Wildman–Crippen MR) is 115 cm³/mol. The first-order valence-electron chi connectivity index (χ1n) is 9.69. The van der Waals surface area contributed by atoms with E-state index in [9.17, 15) is 14.4 Å². The first kappa shape index (κ1) is 21.1. The largest absolute Gasteiger partial charge is 0.484 e. The molecule has 0 bridgehead atoms. The van der Waals surface area contributed by atoms with Crippen LogP contribution in [0.2, 0.25) is 0 Å². The normalized spacial score (nSPS) is 10.6. The first-order chi connectivity index (χ1) is 14.4. The van der Waals surface area contributed by atoms with E-state index in [4.69, 9.17) is 9.15 Å². The van der Waals surface area contributed by atoms with Gasteiger partial charge < -0.3 is 19.8 Å². The summed E-state index contributed by atoms with van der Waals surface area (Å²) in [7, 11) is 0. The van der Waals surface area contributed by atoms with Gasteiger partial charge in [-0.3, -0.25) is 9.59 Å². The number of fused-ring (bicyclic) bond motifs is 1. The monoisotopic (exact) mass is 408 g/mol. The quantitative estimate of drug-likeness (QED) is 0.586. The van der Waals surface area contributed by atoms with E-state index in [-0.39, 0.29) is 19.1 Å². The van der Waals surface area contributed by atoms with Crippen LogP contribution < -0.4 is 21.0 Å².